The molecule has 10 nitrogen and oxygen atoms in total. The number of carboxylic acid groups (broad SMARTS) is 1. The highest BCUT2D eigenvalue weighted by atomic mass is 32.1. The topological polar surface area (TPSA) is 154 Å². The largest absolute Gasteiger partial charge is 0.508 e. The number of thiophene rings is 1. The number of phenolic OH excluding ortho intramolecular Hbond substituents is 1. The predicted octanol–water partition coefficient (Wildman–Crippen LogP) is 2.83. The van der Waals surface area contributed by atoms with Crippen molar-refractivity contribution in [2.24, 2.45) is 0 Å². The van der Waals surface area contributed by atoms with E-state index in [-0.39, 0.29) is 17.9 Å². The van der Waals surface area contributed by atoms with Crippen molar-refractivity contribution < 1.29 is 24.6 Å². The zero-order chi connectivity index (χ0) is 26.2. The summed E-state index contributed by atoms with van der Waals surface area (Å²) in [6.07, 6.45) is 1.55. The van der Waals surface area contributed by atoms with Crippen molar-refractivity contribution >= 4 is 35.1 Å². The SMILES string of the molecule is Cc1nc(NCCCc2cccc(O)c2C)nc(C)c1C(=O)NC(CNC(=O)c1cccs1)C(=O)O. The second-order valence-electron chi connectivity index (χ2n) is 8.24. The number of phenols is 1. The summed E-state index contributed by atoms with van der Waals surface area (Å²) < 4.78 is 0. The lowest BCUT2D eigenvalue weighted by Crippen LogP contribution is -2.48. The number of carbonyl (C=O) groups is 3. The van der Waals surface area contributed by atoms with Gasteiger partial charge in [-0.2, -0.15) is 0 Å². The number of aromatic nitrogens is 2. The van der Waals surface area contributed by atoms with Crippen LogP contribution in [0.5, 0.6) is 5.75 Å². The van der Waals surface area contributed by atoms with Crippen LogP contribution in [0.3, 0.4) is 0 Å². The minimum Gasteiger partial charge on any atom is -0.508 e. The number of benzene rings is 1. The number of hydrogen-bond donors (Lipinski definition) is 5. The van der Waals surface area contributed by atoms with Crippen molar-refractivity contribution in [3.63, 3.8) is 0 Å². The Balaban J connectivity index is 1.57. The minimum atomic E-state index is -1.32. The standard InChI is InChI=1S/C25H29N5O5S/c1-14-17(7-4-9-19(14)31)8-5-11-26-25-28-15(2)21(16(3)29-25)23(33)30-18(24(34)35)13-27-22(32)20-10-6-12-36-20/h4,6-7,9-10,12,18,31H,5,8,11,13H2,1-3H3,(H,27,32)(H,30,33)(H,34,35)(H,26,28,29). The predicted molar refractivity (Wildman–Crippen MR) is 137 cm³/mol. The van der Waals surface area contributed by atoms with E-state index in [4.69, 9.17) is 0 Å². The maximum atomic E-state index is 12.9. The zero-order valence-electron chi connectivity index (χ0n) is 20.3. The van der Waals surface area contributed by atoms with Crippen LogP contribution in [-0.4, -0.2) is 57.1 Å². The number of carbonyl (C=O) groups excluding carboxylic acids is 2. The minimum absolute atomic E-state index is 0.187. The average Bonchev–Trinajstić information content (AvgIpc) is 3.36. The summed E-state index contributed by atoms with van der Waals surface area (Å²) in [7, 11) is 0. The van der Waals surface area contributed by atoms with Gasteiger partial charge in [0.2, 0.25) is 5.95 Å². The van der Waals surface area contributed by atoms with E-state index in [1.165, 1.54) is 11.3 Å². The third-order valence-corrected chi connectivity index (χ3v) is 6.51. The molecule has 0 aliphatic rings. The number of carboxylic acids is 1. The Labute approximate surface area is 212 Å². The molecule has 0 saturated carbocycles. The van der Waals surface area contributed by atoms with Gasteiger partial charge in [0.15, 0.2) is 0 Å². The van der Waals surface area contributed by atoms with Crippen molar-refractivity contribution in [1.29, 1.82) is 0 Å². The molecule has 2 amide bonds. The van der Waals surface area contributed by atoms with Crippen LogP contribution in [0.2, 0.25) is 0 Å². The molecular formula is C25H29N5O5S. The second-order valence-corrected chi connectivity index (χ2v) is 9.18. The van der Waals surface area contributed by atoms with Crippen LogP contribution in [0.1, 0.15) is 49.0 Å². The highest BCUT2D eigenvalue weighted by Gasteiger charge is 2.24. The van der Waals surface area contributed by atoms with Crippen LogP contribution in [0.25, 0.3) is 0 Å². The monoisotopic (exact) mass is 511 g/mol. The van der Waals surface area contributed by atoms with Crippen LogP contribution in [0.4, 0.5) is 5.95 Å². The third-order valence-electron chi connectivity index (χ3n) is 5.64. The normalized spacial score (nSPS) is 11.5. The molecule has 0 radical (unpaired) electrons. The van der Waals surface area contributed by atoms with Gasteiger partial charge >= 0.3 is 5.97 Å². The van der Waals surface area contributed by atoms with E-state index >= 15 is 0 Å². The van der Waals surface area contributed by atoms with E-state index in [1.54, 1.807) is 37.4 Å². The number of aryl methyl sites for hydroxylation is 3. The van der Waals surface area contributed by atoms with Crippen LogP contribution >= 0.6 is 11.3 Å². The first-order valence-electron chi connectivity index (χ1n) is 11.4. The molecule has 1 unspecified atom stereocenters. The van der Waals surface area contributed by atoms with Gasteiger partial charge in [0.1, 0.15) is 11.8 Å². The van der Waals surface area contributed by atoms with Gasteiger partial charge in [0, 0.05) is 13.1 Å². The van der Waals surface area contributed by atoms with Crippen LogP contribution in [0, 0.1) is 20.8 Å². The lowest BCUT2D eigenvalue weighted by molar-refractivity contribution is -0.139. The fraction of sp³-hybridized carbons (Fsp3) is 0.320. The molecule has 11 heteroatoms. The van der Waals surface area contributed by atoms with Gasteiger partial charge < -0.3 is 26.2 Å². The Morgan fingerprint density at radius 2 is 1.75 bits per heavy atom. The fourth-order valence-electron chi connectivity index (χ4n) is 3.66. The first-order chi connectivity index (χ1) is 17.2. The molecule has 2 aromatic heterocycles. The van der Waals surface area contributed by atoms with Gasteiger partial charge in [-0.25, -0.2) is 14.8 Å². The van der Waals surface area contributed by atoms with E-state index < -0.39 is 23.8 Å². The van der Waals surface area contributed by atoms with Crippen molar-refractivity contribution in [3.8, 4) is 5.75 Å². The molecule has 1 atom stereocenters. The van der Waals surface area contributed by atoms with E-state index in [2.05, 4.69) is 25.9 Å². The number of hydrogen-bond acceptors (Lipinski definition) is 8. The molecule has 0 aliphatic heterocycles. The summed E-state index contributed by atoms with van der Waals surface area (Å²) in [5, 5.41) is 29.2. The summed E-state index contributed by atoms with van der Waals surface area (Å²) >= 11 is 1.23. The van der Waals surface area contributed by atoms with Crippen molar-refractivity contribution in [3.05, 3.63) is 68.7 Å². The van der Waals surface area contributed by atoms with E-state index in [0.29, 0.717) is 28.8 Å². The number of amides is 2. The molecule has 0 spiro atoms. The molecule has 0 fully saturated rings. The molecular weight excluding hydrogens is 482 g/mol. The van der Waals surface area contributed by atoms with E-state index in [0.717, 1.165) is 24.0 Å². The first kappa shape index (κ1) is 26.6. The summed E-state index contributed by atoms with van der Waals surface area (Å²) in [4.78, 5) is 45.8. The molecule has 0 saturated heterocycles. The molecule has 36 heavy (non-hydrogen) atoms. The summed E-state index contributed by atoms with van der Waals surface area (Å²) in [5.41, 5.74) is 2.92. The zero-order valence-corrected chi connectivity index (χ0v) is 21.1. The van der Waals surface area contributed by atoms with Crippen LogP contribution < -0.4 is 16.0 Å². The van der Waals surface area contributed by atoms with Gasteiger partial charge in [-0.05, 0) is 62.3 Å². The van der Waals surface area contributed by atoms with Crippen LogP contribution in [-0.2, 0) is 11.2 Å². The molecule has 3 aromatic rings. The molecule has 190 valence electrons. The molecule has 5 N–H and O–H groups in total. The maximum Gasteiger partial charge on any atom is 0.328 e. The molecule has 3 rings (SSSR count). The van der Waals surface area contributed by atoms with Gasteiger partial charge in [0.25, 0.3) is 11.8 Å². The van der Waals surface area contributed by atoms with Gasteiger partial charge in [-0.1, -0.05) is 18.2 Å². The molecule has 0 aliphatic carbocycles. The highest BCUT2D eigenvalue weighted by molar-refractivity contribution is 7.12. The Morgan fingerprint density at radius 1 is 1.03 bits per heavy atom. The van der Waals surface area contributed by atoms with Gasteiger partial charge in [-0.3, -0.25) is 9.59 Å². The van der Waals surface area contributed by atoms with Crippen molar-refractivity contribution in [2.75, 3.05) is 18.4 Å². The number of nitrogens with zero attached hydrogens (tertiary/aromatic N) is 2. The smallest absolute Gasteiger partial charge is 0.328 e. The lowest BCUT2D eigenvalue weighted by Gasteiger charge is -2.17. The van der Waals surface area contributed by atoms with Crippen LogP contribution in [0.15, 0.2) is 35.7 Å². The Hall–Kier alpha value is -3.99. The van der Waals surface area contributed by atoms with Gasteiger partial charge in [0.05, 0.1) is 21.8 Å². The fourth-order valence-corrected chi connectivity index (χ4v) is 4.30. The lowest BCUT2D eigenvalue weighted by atomic mass is 10.0. The Bertz CT molecular complexity index is 1220. The number of aliphatic carboxylic acids is 1. The quantitative estimate of drug-likeness (QED) is 0.246. The molecule has 2 heterocycles. The van der Waals surface area contributed by atoms with Crippen molar-refractivity contribution in [1.82, 2.24) is 20.6 Å². The number of nitrogens with one attached hydrogen (secondary N) is 3. The number of anilines is 1. The Morgan fingerprint density at radius 3 is 2.39 bits per heavy atom. The first-order valence-corrected chi connectivity index (χ1v) is 12.3. The summed E-state index contributed by atoms with van der Waals surface area (Å²) in [6.45, 7) is 5.50. The average molecular weight is 512 g/mol. The van der Waals surface area contributed by atoms with E-state index in [9.17, 15) is 24.6 Å². The highest BCUT2D eigenvalue weighted by Crippen LogP contribution is 2.20. The summed E-state index contributed by atoms with van der Waals surface area (Å²) in [5.74, 6) is -1.66. The summed E-state index contributed by atoms with van der Waals surface area (Å²) in [6, 6.07) is 7.48. The molecule has 0 bridgehead atoms. The second kappa shape index (κ2) is 12.1. The maximum absolute atomic E-state index is 12.9. The van der Waals surface area contributed by atoms with E-state index in [1.807, 2.05) is 19.1 Å². The van der Waals surface area contributed by atoms with Gasteiger partial charge in [-0.15, -0.1) is 11.3 Å². The number of rotatable bonds is 11. The Kier molecular flexibility index (Phi) is 8.96. The molecule has 1 aromatic carbocycles. The van der Waals surface area contributed by atoms with Crippen molar-refractivity contribution in [2.45, 2.75) is 39.7 Å². The number of aromatic hydroxyl groups is 1. The third kappa shape index (κ3) is 6.79.